The summed E-state index contributed by atoms with van der Waals surface area (Å²) in [6, 6.07) is 21.8. The summed E-state index contributed by atoms with van der Waals surface area (Å²) in [7, 11) is 0. The fourth-order valence-corrected chi connectivity index (χ4v) is 4.30. The smallest absolute Gasteiger partial charge is 0.0233 e. The Hall–Kier alpha value is -1.64. The lowest BCUT2D eigenvalue weighted by atomic mass is 9.88. The second-order valence-electron chi connectivity index (χ2n) is 7.21. The Kier molecular flexibility index (Phi) is 4.45. The maximum absolute atomic E-state index is 2.66. The van der Waals surface area contributed by atoms with Gasteiger partial charge in [0.2, 0.25) is 0 Å². The summed E-state index contributed by atoms with van der Waals surface area (Å²) in [6.07, 6.45) is 1.36. The van der Waals surface area contributed by atoms with Crippen LogP contribution in [0.25, 0.3) is 0 Å². The molecular formula is C21H26N2. The number of benzene rings is 2. The first-order valence-electron chi connectivity index (χ1n) is 8.89. The molecular weight excluding hydrogens is 280 g/mol. The first-order chi connectivity index (χ1) is 11.4. The van der Waals surface area contributed by atoms with Crippen molar-refractivity contribution < 1.29 is 0 Å². The van der Waals surface area contributed by atoms with Crippen molar-refractivity contribution in [1.82, 2.24) is 9.80 Å². The van der Waals surface area contributed by atoms with Gasteiger partial charge >= 0.3 is 0 Å². The summed E-state index contributed by atoms with van der Waals surface area (Å²) in [5.74, 6) is 1.77. The minimum Gasteiger partial charge on any atom is -0.299 e. The summed E-state index contributed by atoms with van der Waals surface area (Å²) in [5, 5.41) is 0. The third kappa shape index (κ3) is 3.65. The Morgan fingerprint density at radius 1 is 0.652 bits per heavy atom. The molecule has 0 radical (unpaired) electrons. The van der Waals surface area contributed by atoms with Gasteiger partial charge in [-0.2, -0.15) is 0 Å². The highest BCUT2D eigenvalue weighted by molar-refractivity contribution is 5.16. The van der Waals surface area contributed by atoms with Crippen LogP contribution in [0.1, 0.15) is 17.5 Å². The maximum Gasteiger partial charge on any atom is 0.0233 e. The molecule has 120 valence electrons. The summed E-state index contributed by atoms with van der Waals surface area (Å²) < 4.78 is 0. The van der Waals surface area contributed by atoms with E-state index in [9.17, 15) is 0 Å². The molecule has 2 fully saturated rings. The molecule has 2 heterocycles. The van der Waals surface area contributed by atoms with E-state index in [0.29, 0.717) is 0 Å². The minimum absolute atomic E-state index is 0.858. The molecule has 0 amide bonds. The molecule has 4 rings (SSSR count). The monoisotopic (exact) mass is 306 g/mol. The average molecular weight is 306 g/mol. The van der Waals surface area contributed by atoms with Crippen LogP contribution in [0.5, 0.6) is 0 Å². The predicted octanol–water partition coefficient (Wildman–Crippen LogP) is 3.64. The number of hydrogen-bond acceptors (Lipinski definition) is 2. The topological polar surface area (TPSA) is 6.48 Å². The molecule has 2 atom stereocenters. The second kappa shape index (κ2) is 6.86. The van der Waals surface area contributed by atoms with Crippen LogP contribution < -0.4 is 0 Å². The first-order valence-corrected chi connectivity index (χ1v) is 8.89. The first kappa shape index (κ1) is 14.9. The van der Waals surface area contributed by atoms with E-state index in [0.717, 1.165) is 24.9 Å². The van der Waals surface area contributed by atoms with Gasteiger partial charge in [0.25, 0.3) is 0 Å². The number of nitrogens with zero attached hydrogens (tertiary/aromatic N) is 2. The van der Waals surface area contributed by atoms with E-state index in [2.05, 4.69) is 70.5 Å². The van der Waals surface area contributed by atoms with Crippen LogP contribution in [-0.2, 0) is 13.1 Å². The molecule has 2 heteroatoms. The van der Waals surface area contributed by atoms with Gasteiger partial charge in [-0.25, -0.2) is 0 Å². The number of piperidine rings is 1. The molecule has 2 nitrogen and oxygen atoms in total. The average Bonchev–Trinajstić information content (AvgIpc) is 2.98. The Bertz CT molecular complexity index is 571. The highest BCUT2D eigenvalue weighted by atomic mass is 15.2. The molecule has 0 saturated carbocycles. The van der Waals surface area contributed by atoms with Gasteiger partial charge < -0.3 is 0 Å². The van der Waals surface area contributed by atoms with Gasteiger partial charge in [-0.15, -0.1) is 0 Å². The number of likely N-dealkylation sites (tertiary alicyclic amines) is 2. The van der Waals surface area contributed by atoms with Crippen molar-refractivity contribution in [2.75, 3.05) is 26.2 Å². The van der Waals surface area contributed by atoms with Crippen molar-refractivity contribution in [3.63, 3.8) is 0 Å². The van der Waals surface area contributed by atoms with Gasteiger partial charge in [-0.1, -0.05) is 60.7 Å². The zero-order valence-corrected chi connectivity index (χ0v) is 13.8. The highest BCUT2D eigenvalue weighted by Gasteiger charge is 2.36. The summed E-state index contributed by atoms with van der Waals surface area (Å²) in [4.78, 5) is 5.32. The van der Waals surface area contributed by atoms with E-state index in [-0.39, 0.29) is 0 Å². The summed E-state index contributed by atoms with van der Waals surface area (Å²) in [5.41, 5.74) is 2.90. The molecule has 0 N–H and O–H groups in total. The third-order valence-electron chi connectivity index (χ3n) is 5.46. The largest absolute Gasteiger partial charge is 0.299 e. The van der Waals surface area contributed by atoms with E-state index in [4.69, 9.17) is 0 Å². The number of hydrogen-bond donors (Lipinski definition) is 0. The van der Waals surface area contributed by atoms with Crippen LogP contribution >= 0.6 is 0 Å². The van der Waals surface area contributed by atoms with Crippen molar-refractivity contribution in [3.8, 4) is 0 Å². The fourth-order valence-electron chi connectivity index (χ4n) is 4.30. The standard InChI is InChI=1S/C21H26N2/c1-3-7-18(8-4-1)13-22-12-11-20-15-23(17-21(20)16-22)14-19-9-5-2-6-10-19/h1-10,20-21H,11-17H2. The van der Waals surface area contributed by atoms with Gasteiger partial charge in [-0.05, 0) is 35.9 Å². The molecule has 0 aromatic heterocycles. The van der Waals surface area contributed by atoms with Crippen LogP contribution in [-0.4, -0.2) is 36.0 Å². The van der Waals surface area contributed by atoms with Gasteiger partial charge in [0.15, 0.2) is 0 Å². The molecule has 2 aromatic carbocycles. The fraction of sp³-hybridized carbons (Fsp3) is 0.429. The van der Waals surface area contributed by atoms with Gasteiger partial charge in [0.05, 0.1) is 0 Å². The van der Waals surface area contributed by atoms with Gasteiger partial charge in [0, 0.05) is 32.7 Å². The zero-order valence-electron chi connectivity index (χ0n) is 13.8. The lowest BCUT2D eigenvalue weighted by Crippen LogP contribution is -2.39. The molecule has 2 aliphatic rings. The molecule has 0 spiro atoms. The van der Waals surface area contributed by atoms with Crippen LogP contribution in [0.15, 0.2) is 60.7 Å². The van der Waals surface area contributed by atoms with E-state index in [1.807, 2.05) is 0 Å². The minimum atomic E-state index is 0.858. The SMILES string of the molecule is c1ccc(CN2CCC3CN(Cc4ccccc4)CC3C2)cc1. The van der Waals surface area contributed by atoms with Crippen molar-refractivity contribution in [2.24, 2.45) is 11.8 Å². The van der Waals surface area contributed by atoms with Crippen molar-refractivity contribution in [1.29, 1.82) is 0 Å². The van der Waals surface area contributed by atoms with Crippen molar-refractivity contribution in [3.05, 3.63) is 71.8 Å². The van der Waals surface area contributed by atoms with Crippen molar-refractivity contribution >= 4 is 0 Å². The van der Waals surface area contributed by atoms with Crippen LogP contribution in [0, 0.1) is 11.8 Å². The summed E-state index contributed by atoms with van der Waals surface area (Å²) >= 11 is 0. The van der Waals surface area contributed by atoms with E-state index < -0.39 is 0 Å². The lowest BCUT2D eigenvalue weighted by molar-refractivity contribution is 0.142. The van der Waals surface area contributed by atoms with E-state index in [1.165, 1.54) is 43.7 Å². The van der Waals surface area contributed by atoms with Gasteiger partial charge in [0.1, 0.15) is 0 Å². The molecule has 2 saturated heterocycles. The lowest BCUT2D eigenvalue weighted by Gasteiger charge is -2.34. The van der Waals surface area contributed by atoms with Crippen LogP contribution in [0.2, 0.25) is 0 Å². The molecule has 23 heavy (non-hydrogen) atoms. The Morgan fingerprint density at radius 2 is 1.17 bits per heavy atom. The Balaban J connectivity index is 1.33. The summed E-state index contributed by atoms with van der Waals surface area (Å²) in [6.45, 7) is 7.32. The third-order valence-corrected chi connectivity index (χ3v) is 5.46. The number of fused-ring (bicyclic) bond motifs is 1. The molecule has 2 unspecified atom stereocenters. The molecule has 0 aliphatic carbocycles. The second-order valence-corrected chi connectivity index (χ2v) is 7.21. The van der Waals surface area contributed by atoms with Crippen LogP contribution in [0.4, 0.5) is 0 Å². The number of rotatable bonds is 4. The van der Waals surface area contributed by atoms with E-state index in [1.54, 1.807) is 0 Å². The quantitative estimate of drug-likeness (QED) is 0.851. The Labute approximate surface area is 139 Å². The predicted molar refractivity (Wildman–Crippen MR) is 95.0 cm³/mol. The zero-order chi connectivity index (χ0) is 15.5. The van der Waals surface area contributed by atoms with Gasteiger partial charge in [-0.3, -0.25) is 9.80 Å². The van der Waals surface area contributed by atoms with E-state index >= 15 is 0 Å². The molecule has 0 bridgehead atoms. The highest BCUT2D eigenvalue weighted by Crippen LogP contribution is 2.32. The Morgan fingerprint density at radius 3 is 1.83 bits per heavy atom. The molecule has 2 aromatic rings. The molecule has 2 aliphatic heterocycles. The normalized spacial score (nSPS) is 25.4. The van der Waals surface area contributed by atoms with Crippen LogP contribution in [0.3, 0.4) is 0 Å². The van der Waals surface area contributed by atoms with Crippen molar-refractivity contribution in [2.45, 2.75) is 19.5 Å². The maximum atomic E-state index is 2.66.